The van der Waals surface area contributed by atoms with Gasteiger partial charge in [-0.05, 0) is 36.6 Å². The van der Waals surface area contributed by atoms with Gasteiger partial charge in [0.15, 0.2) is 5.58 Å². The average molecular weight is 391 g/mol. The number of aromatic nitrogens is 2. The van der Waals surface area contributed by atoms with Crippen molar-refractivity contribution in [3.8, 4) is 0 Å². The fourth-order valence-electron chi connectivity index (χ4n) is 3.16. The lowest BCUT2D eigenvalue weighted by molar-refractivity contribution is -0.115. The Morgan fingerprint density at radius 1 is 1.04 bits per heavy atom. The van der Waals surface area contributed by atoms with Gasteiger partial charge in [-0.3, -0.25) is 4.79 Å². The molecule has 6 heteroatoms. The Morgan fingerprint density at radius 2 is 1.79 bits per heavy atom. The van der Waals surface area contributed by atoms with Crippen LogP contribution in [0.2, 0.25) is 0 Å². The minimum absolute atomic E-state index is 0.0685. The van der Waals surface area contributed by atoms with Crippen LogP contribution < -0.4 is 5.32 Å². The molecule has 1 atom stereocenters. The van der Waals surface area contributed by atoms with Crippen molar-refractivity contribution in [2.75, 3.05) is 5.32 Å². The van der Waals surface area contributed by atoms with Crippen molar-refractivity contribution in [2.24, 2.45) is 0 Å². The number of carbonyl (C=O) groups excluding carboxylic acids is 1. The monoisotopic (exact) mass is 391 g/mol. The van der Waals surface area contributed by atoms with E-state index in [0.29, 0.717) is 16.5 Å². The number of benzene rings is 2. The van der Waals surface area contributed by atoms with E-state index in [4.69, 9.17) is 4.42 Å². The number of fused-ring (bicyclic) bond motifs is 3. The molecule has 0 radical (unpaired) electrons. The second kappa shape index (κ2) is 7.64. The molecule has 28 heavy (non-hydrogen) atoms. The summed E-state index contributed by atoms with van der Waals surface area (Å²) in [5.41, 5.74) is 4.13. The summed E-state index contributed by atoms with van der Waals surface area (Å²) in [6.07, 6.45) is 1.52. The summed E-state index contributed by atoms with van der Waals surface area (Å²) in [6.45, 7) is 6.10. The summed E-state index contributed by atoms with van der Waals surface area (Å²) < 4.78 is 5.96. The fourth-order valence-corrected chi connectivity index (χ4v) is 4.01. The molecular formula is C22H21N3O2S. The minimum Gasteiger partial charge on any atom is -0.451 e. The van der Waals surface area contributed by atoms with Gasteiger partial charge in [0.05, 0.1) is 5.25 Å². The first-order valence-electron chi connectivity index (χ1n) is 9.23. The van der Waals surface area contributed by atoms with Crippen LogP contribution in [0.4, 0.5) is 5.69 Å². The van der Waals surface area contributed by atoms with Gasteiger partial charge in [-0.2, -0.15) is 0 Å². The molecule has 0 unspecified atom stereocenters. The number of carbonyl (C=O) groups is 1. The summed E-state index contributed by atoms with van der Waals surface area (Å²) >= 11 is 1.37. The summed E-state index contributed by atoms with van der Waals surface area (Å²) in [7, 11) is 0. The minimum atomic E-state index is -0.341. The lowest BCUT2D eigenvalue weighted by Gasteiger charge is -2.16. The Morgan fingerprint density at radius 3 is 2.61 bits per heavy atom. The highest BCUT2D eigenvalue weighted by atomic mass is 32.2. The first kappa shape index (κ1) is 18.5. The first-order chi connectivity index (χ1) is 13.5. The van der Waals surface area contributed by atoms with Gasteiger partial charge in [0.25, 0.3) is 0 Å². The Kier molecular flexibility index (Phi) is 5.05. The predicted molar refractivity (Wildman–Crippen MR) is 114 cm³/mol. The van der Waals surface area contributed by atoms with E-state index >= 15 is 0 Å². The summed E-state index contributed by atoms with van der Waals surface area (Å²) in [4.78, 5) is 21.5. The van der Waals surface area contributed by atoms with Crippen LogP contribution >= 0.6 is 11.8 Å². The van der Waals surface area contributed by atoms with Gasteiger partial charge in [-0.25, -0.2) is 9.97 Å². The molecule has 0 saturated carbocycles. The molecule has 0 saturated heterocycles. The molecular weight excluding hydrogens is 370 g/mol. The van der Waals surface area contributed by atoms with Crippen LogP contribution in [0.25, 0.3) is 22.1 Å². The number of nitrogens with zero attached hydrogens (tertiary/aromatic N) is 2. The second-order valence-electron chi connectivity index (χ2n) is 6.95. The number of rotatable bonds is 5. The van der Waals surface area contributed by atoms with Crippen LogP contribution in [0.5, 0.6) is 0 Å². The molecule has 0 spiro atoms. The third kappa shape index (κ3) is 3.47. The smallest absolute Gasteiger partial charge is 0.237 e. The number of nitrogens with one attached hydrogen (secondary N) is 1. The Hall–Kier alpha value is -2.86. The third-order valence-corrected chi connectivity index (χ3v) is 5.71. The number of hydrogen-bond acceptors (Lipinski definition) is 5. The maximum Gasteiger partial charge on any atom is 0.237 e. The highest BCUT2D eigenvalue weighted by molar-refractivity contribution is 8.00. The Bertz CT molecular complexity index is 1150. The molecule has 5 nitrogen and oxygen atoms in total. The molecule has 0 fully saturated rings. The standard InChI is InChI=1S/C22H21N3O2S/c1-13(2)15-8-4-6-10-17(15)25-21(26)14(3)28-22-20-19(23-12-24-22)16-9-5-7-11-18(16)27-20/h4-14H,1-3H3,(H,25,26)/t14-/m1/s1. The van der Waals surface area contributed by atoms with Crippen molar-refractivity contribution in [3.63, 3.8) is 0 Å². The van der Waals surface area contributed by atoms with Crippen molar-refractivity contribution < 1.29 is 9.21 Å². The van der Waals surface area contributed by atoms with E-state index in [1.54, 1.807) is 0 Å². The topological polar surface area (TPSA) is 68.0 Å². The lowest BCUT2D eigenvalue weighted by atomic mass is 10.0. The lowest BCUT2D eigenvalue weighted by Crippen LogP contribution is -2.23. The zero-order chi connectivity index (χ0) is 19.7. The van der Waals surface area contributed by atoms with Gasteiger partial charge in [-0.1, -0.05) is 55.9 Å². The van der Waals surface area contributed by atoms with Gasteiger partial charge in [0.2, 0.25) is 5.91 Å². The number of thioether (sulfide) groups is 1. The second-order valence-corrected chi connectivity index (χ2v) is 8.28. The molecule has 0 aliphatic carbocycles. The van der Waals surface area contributed by atoms with Crippen LogP contribution in [0, 0.1) is 0 Å². The molecule has 2 aromatic heterocycles. The molecule has 2 heterocycles. The highest BCUT2D eigenvalue weighted by Crippen LogP contribution is 2.34. The fraction of sp³-hybridized carbons (Fsp3) is 0.227. The zero-order valence-corrected chi connectivity index (χ0v) is 16.8. The number of anilines is 1. The summed E-state index contributed by atoms with van der Waals surface area (Å²) in [5.74, 6) is 0.262. The number of para-hydroxylation sites is 2. The molecule has 4 rings (SSSR count). The van der Waals surface area contributed by atoms with Crippen molar-refractivity contribution in [2.45, 2.75) is 37.0 Å². The van der Waals surface area contributed by atoms with E-state index in [9.17, 15) is 4.79 Å². The number of hydrogen-bond donors (Lipinski definition) is 1. The van der Waals surface area contributed by atoms with Crippen molar-refractivity contribution in [1.29, 1.82) is 0 Å². The maximum absolute atomic E-state index is 12.8. The van der Waals surface area contributed by atoms with Crippen LogP contribution in [0.15, 0.2) is 64.3 Å². The van der Waals surface area contributed by atoms with Crippen LogP contribution in [-0.4, -0.2) is 21.1 Å². The van der Waals surface area contributed by atoms with E-state index in [1.165, 1.54) is 18.1 Å². The molecule has 1 N–H and O–H groups in total. The maximum atomic E-state index is 12.8. The van der Waals surface area contributed by atoms with Gasteiger partial charge in [0.1, 0.15) is 22.5 Å². The van der Waals surface area contributed by atoms with E-state index in [0.717, 1.165) is 27.7 Å². The third-order valence-electron chi connectivity index (χ3n) is 4.62. The van der Waals surface area contributed by atoms with Gasteiger partial charge in [0, 0.05) is 11.1 Å². The quantitative estimate of drug-likeness (QED) is 0.353. The normalized spacial score (nSPS) is 12.6. The molecule has 0 aliphatic rings. The van der Waals surface area contributed by atoms with E-state index < -0.39 is 0 Å². The highest BCUT2D eigenvalue weighted by Gasteiger charge is 2.21. The van der Waals surface area contributed by atoms with Crippen molar-refractivity contribution >= 4 is 45.4 Å². The van der Waals surface area contributed by atoms with Crippen LogP contribution in [0.3, 0.4) is 0 Å². The number of furan rings is 1. The van der Waals surface area contributed by atoms with Crippen LogP contribution in [0.1, 0.15) is 32.3 Å². The molecule has 0 aliphatic heterocycles. The van der Waals surface area contributed by atoms with Crippen molar-refractivity contribution in [1.82, 2.24) is 9.97 Å². The Balaban J connectivity index is 1.58. The summed E-state index contributed by atoms with van der Waals surface area (Å²) in [6, 6.07) is 15.7. The largest absolute Gasteiger partial charge is 0.451 e. The van der Waals surface area contributed by atoms with Gasteiger partial charge >= 0.3 is 0 Å². The van der Waals surface area contributed by atoms with Gasteiger partial charge in [-0.15, -0.1) is 0 Å². The summed E-state index contributed by atoms with van der Waals surface area (Å²) in [5, 5.41) is 4.33. The zero-order valence-electron chi connectivity index (χ0n) is 16.0. The molecule has 142 valence electrons. The molecule has 1 amide bonds. The van der Waals surface area contributed by atoms with E-state index in [-0.39, 0.29) is 11.2 Å². The van der Waals surface area contributed by atoms with Crippen LogP contribution in [-0.2, 0) is 4.79 Å². The Labute approximate surface area is 167 Å². The average Bonchev–Trinajstić information content (AvgIpc) is 3.08. The van der Waals surface area contributed by atoms with Gasteiger partial charge < -0.3 is 9.73 Å². The SMILES string of the molecule is CC(C)c1ccccc1NC(=O)[C@@H](C)Sc1ncnc2c1oc1ccccc12. The van der Waals surface area contributed by atoms with E-state index in [1.807, 2.05) is 55.5 Å². The molecule has 2 aromatic carbocycles. The number of amides is 1. The molecule has 4 aromatic rings. The van der Waals surface area contributed by atoms with Crippen molar-refractivity contribution in [3.05, 3.63) is 60.4 Å². The molecule has 0 bridgehead atoms. The first-order valence-corrected chi connectivity index (χ1v) is 10.1. The predicted octanol–water partition coefficient (Wildman–Crippen LogP) is 5.62. The van der Waals surface area contributed by atoms with E-state index in [2.05, 4.69) is 29.1 Å².